The van der Waals surface area contributed by atoms with Crippen molar-refractivity contribution in [2.75, 3.05) is 6.61 Å². The fourth-order valence-corrected chi connectivity index (χ4v) is 1.99. The molecule has 1 saturated heterocycles. The molecule has 1 aromatic rings. The summed E-state index contributed by atoms with van der Waals surface area (Å²) < 4.78 is 5.68. The molecule has 0 aromatic heterocycles. The predicted molar refractivity (Wildman–Crippen MR) is 67.7 cm³/mol. The van der Waals surface area contributed by atoms with Gasteiger partial charge in [-0.2, -0.15) is 0 Å². The quantitative estimate of drug-likeness (QED) is 0.831. The van der Waals surface area contributed by atoms with Crippen LogP contribution in [-0.4, -0.2) is 29.0 Å². The highest BCUT2D eigenvalue weighted by Crippen LogP contribution is 2.30. The van der Waals surface area contributed by atoms with E-state index in [2.05, 4.69) is 0 Å². The van der Waals surface area contributed by atoms with Crippen molar-refractivity contribution in [1.82, 2.24) is 0 Å². The lowest BCUT2D eigenvalue weighted by Gasteiger charge is -2.32. The normalized spacial score (nSPS) is 28.1. The highest BCUT2D eigenvalue weighted by Gasteiger charge is 2.28. The van der Waals surface area contributed by atoms with E-state index in [-0.39, 0.29) is 24.9 Å². The molecule has 1 fully saturated rings. The van der Waals surface area contributed by atoms with Crippen molar-refractivity contribution >= 4 is 0 Å². The average Bonchev–Trinajstić information content (AvgIpc) is 2.41. The molecular formula is C14H22O3. The molecular weight excluding hydrogens is 216 g/mol. The van der Waals surface area contributed by atoms with Gasteiger partial charge in [-0.15, -0.1) is 0 Å². The van der Waals surface area contributed by atoms with Crippen LogP contribution in [0, 0.1) is 0 Å². The van der Waals surface area contributed by atoms with Crippen LogP contribution in [0.5, 0.6) is 0 Å². The van der Waals surface area contributed by atoms with Crippen LogP contribution in [0.15, 0.2) is 30.3 Å². The molecule has 0 radical (unpaired) electrons. The summed E-state index contributed by atoms with van der Waals surface area (Å²) in [6.07, 6.45) is 0.438. The van der Waals surface area contributed by atoms with Gasteiger partial charge < -0.3 is 14.9 Å². The molecule has 1 aromatic carbocycles. The van der Waals surface area contributed by atoms with E-state index in [0.717, 1.165) is 5.56 Å². The van der Waals surface area contributed by atoms with E-state index in [1.165, 1.54) is 0 Å². The number of benzene rings is 1. The first-order valence-corrected chi connectivity index (χ1v) is 6.29. The van der Waals surface area contributed by atoms with Gasteiger partial charge >= 0.3 is 0 Å². The number of hydrogen-bond acceptors (Lipinski definition) is 3. The summed E-state index contributed by atoms with van der Waals surface area (Å²) in [6.45, 7) is 3.97. The summed E-state index contributed by atoms with van der Waals surface area (Å²) in [6, 6.07) is 9.82. The van der Waals surface area contributed by atoms with Crippen molar-refractivity contribution < 1.29 is 14.9 Å². The summed E-state index contributed by atoms with van der Waals surface area (Å²) in [5.41, 5.74) is 1.06. The molecule has 1 aliphatic heterocycles. The first-order valence-electron chi connectivity index (χ1n) is 6.29. The Kier molecular flexibility index (Phi) is 6.19. The Morgan fingerprint density at radius 1 is 1.18 bits per heavy atom. The lowest BCUT2D eigenvalue weighted by molar-refractivity contribution is -0.113. The molecule has 96 valence electrons. The van der Waals surface area contributed by atoms with Crippen LogP contribution in [0.2, 0.25) is 0 Å². The van der Waals surface area contributed by atoms with Gasteiger partial charge in [0.05, 0.1) is 24.9 Å². The van der Waals surface area contributed by atoms with E-state index in [1.54, 1.807) is 0 Å². The van der Waals surface area contributed by atoms with Gasteiger partial charge in [0.15, 0.2) is 0 Å². The van der Waals surface area contributed by atoms with Gasteiger partial charge in [0.1, 0.15) is 0 Å². The molecule has 0 bridgehead atoms. The van der Waals surface area contributed by atoms with Gasteiger partial charge in [-0.3, -0.25) is 0 Å². The Morgan fingerprint density at radius 2 is 1.82 bits per heavy atom. The molecule has 3 heteroatoms. The van der Waals surface area contributed by atoms with Crippen molar-refractivity contribution in [3.8, 4) is 0 Å². The summed E-state index contributed by atoms with van der Waals surface area (Å²) >= 11 is 0. The summed E-state index contributed by atoms with van der Waals surface area (Å²) in [5, 5.41) is 18.7. The van der Waals surface area contributed by atoms with Crippen LogP contribution >= 0.6 is 0 Å². The topological polar surface area (TPSA) is 49.7 Å². The fraction of sp³-hybridized carbons (Fsp3) is 0.571. The third-order valence-corrected chi connectivity index (χ3v) is 2.75. The monoisotopic (exact) mass is 238 g/mol. The maximum atomic E-state index is 9.65. The largest absolute Gasteiger partial charge is 0.394 e. The highest BCUT2D eigenvalue weighted by atomic mass is 16.5. The van der Waals surface area contributed by atoms with E-state index < -0.39 is 0 Å². The molecule has 1 aliphatic rings. The number of ether oxygens (including phenoxy) is 1. The fourth-order valence-electron chi connectivity index (χ4n) is 1.99. The van der Waals surface area contributed by atoms with Crippen molar-refractivity contribution in [3.63, 3.8) is 0 Å². The third-order valence-electron chi connectivity index (χ3n) is 2.75. The molecule has 2 N–H and O–H groups in total. The SMILES string of the molecule is CC.OCC1CC(O)CC(c2ccccc2)O1. The zero-order valence-electron chi connectivity index (χ0n) is 10.5. The van der Waals surface area contributed by atoms with Crippen molar-refractivity contribution in [1.29, 1.82) is 0 Å². The number of aliphatic hydroxyl groups is 2. The van der Waals surface area contributed by atoms with Crippen LogP contribution in [0.4, 0.5) is 0 Å². The van der Waals surface area contributed by atoms with Gasteiger partial charge in [-0.1, -0.05) is 44.2 Å². The number of aliphatic hydroxyl groups excluding tert-OH is 2. The Bertz CT molecular complexity index is 300. The van der Waals surface area contributed by atoms with Crippen LogP contribution in [0.25, 0.3) is 0 Å². The second-order valence-corrected chi connectivity index (χ2v) is 3.97. The molecule has 1 heterocycles. The van der Waals surface area contributed by atoms with Crippen molar-refractivity contribution in [2.24, 2.45) is 0 Å². The molecule has 3 nitrogen and oxygen atoms in total. The average molecular weight is 238 g/mol. The lowest BCUT2D eigenvalue weighted by atomic mass is 9.96. The van der Waals surface area contributed by atoms with Crippen molar-refractivity contribution in [3.05, 3.63) is 35.9 Å². The summed E-state index contributed by atoms with van der Waals surface area (Å²) in [7, 11) is 0. The molecule has 3 atom stereocenters. The number of hydrogen-bond donors (Lipinski definition) is 2. The minimum Gasteiger partial charge on any atom is -0.394 e. The maximum Gasteiger partial charge on any atom is 0.0854 e. The minimum atomic E-state index is -0.374. The second kappa shape index (κ2) is 7.43. The Balaban J connectivity index is 0.000000686. The van der Waals surface area contributed by atoms with Gasteiger partial charge in [0.25, 0.3) is 0 Å². The smallest absolute Gasteiger partial charge is 0.0854 e. The molecule has 0 saturated carbocycles. The molecule has 0 spiro atoms. The Hall–Kier alpha value is -0.900. The minimum absolute atomic E-state index is 0.0274. The molecule has 0 aliphatic carbocycles. The maximum absolute atomic E-state index is 9.65. The van der Waals surface area contributed by atoms with E-state index >= 15 is 0 Å². The van der Waals surface area contributed by atoms with Crippen LogP contribution in [0.3, 0.4) is 0 Å². The first kappa shape index (κ1) is 14.2. The standard InChI is InChI=1S/C12H16O3.C2H6/c13-8-11-6-10(14)7-12(15-11)9-4-2-1-3-5-9;1-2/h1-5,10-14H,6-8H2;1-2H3. The van der Waals surface area contributed by atoms with Gasteiger partial charge in [0.2, 0.25) is 0 Å². The van der Waals surface area contributed by atoms with E-state index in [1.807, 2.05) is 44.2 Å². The highest BCUT2D eigenvalue weighted by molar-refractivity contribution is 5.18. The van der Waals surface area contributed by atoms with E-state index in [9.17, 15) is 5.11 Å². The first-order chi connectivity index (χ1) is 8.29. The summed E-state index contributed by atoms with van der Waals surface area (Å²) in [5.74, 6) is 0. The number of rotatable bonds is 2. The van der Waals surface area contributed by atoms with Crippen LogP contribution < -0.4 is 0 Å². The molecule has 17 heavy (non-hydrogen) atoms. The Morgan fingerprint density at radius 3 is 2.41 bits per heavy atom. The molecule has 3 unspecified atom stereocenters. The zero-order valence-corrected chi connectivity index (χ0v) is 10.5. The van der Waals surface area contributed by atoms with Gasteiger partial charge in [0, 0.05) is 12.8 Å². The van der Waals surface area contributed by atoms with Crippen LogP contribution in [0.1, 0.15) is 38.4 Å². The Labute approximate surface area is 103 Å². The van der Waals surface area contributed by atoms with E-state index in [4.69, 9.17) is 9.84 Å². The second-order valence-electron chi connectivity index (χ2n) is 3.97. The lowest BCUT2D eigenvalue weighted by Crippen LogP contribution is -2.33. The van der Waals surface area contributed by atoms with Crippen LogP contribution in [-0.2, 0) is 4.74 Å². The van der Waals surface area contributed by atoms with Gasteiger partial charge in [-0.05, 0) is 5.56 Å². The summed E-state index contributed by atoms with van der Waals surface area (Å²) in [4.78, 5) is 0. The predicted octanol–water partition coefficient (Wildman–Crippen LogP) is 2.29. The van der Waals surface area contributed by atoms with Gasteiger partial charge in [-0.25, -0.2) is 0 Å². The molecule has 0 amide bonds. The third kappa shape index (κ3) is 4.11. The van der Waals surface area contributed by atoms with E-state index in [0.29, 0.717) is 12.8 Å². The zero-order chi connectivity index (χ0) is 12.7. The van der Waals surface area contributed by atoms with Crippen molar-refractivity contribution in [2.45, 2.75) is 45.0 Å². The molecule has 2 rings (SSSR count).